The Morgan fingerprint density at radius 1 is 0.677 bits per heavy atom. The molecule has 0 N–H and O–H groups in total. The van der Waals surface area contributed by atoms with Gasteiger partial charge in [-0.15, -0.1) is 0 Å². The third kappa shape index (κ3) is 7.51. The second-order valence-electron chi connectivity index (χ2n) is 12.0. The fraction of sp³-hybridized carbons (Fsp3) is 0.967. The van der Waals surface area contributed by atoms with Crippen LogP contribution in [0.5, 0.6) is 0 Å². The molecule has 178 valence electrons. The topological polar surface area (TPSA) is 23.8 Å². The quantitative estimate of drug-likeness (QED) is 0.284. The molecule has 0 aromatic carbocycles. The maximum atomic E-state index is 10.0. The maximum absolute atomic E-state index is 10.0. The van der Waals surface area contributed by atoms with Crippen molar-refractivity contribution in [2.24, 2.45) is 35.0 Å². The van der Waals surface area contributed by atoms with E-state index in [-0.39, 0.29) is 5.41 Å². The molecule has 0 radical (unpaired) electrons. The van der Waals surface area contributed by atoms with E-state index in [2.05, 4.69) is 19.9 Å². The summed E-state index contributed by atoms with van der Waals surface area (Å²) >= 11 is 0. The number of unbranched alkanes of at least 4 members (excludes halogenated alkanes) is 7. The largest absolute Gasteiger partial charge is 0.198 e. The molecule has 0 aromatic rings. The summed E-state index contributed by atoms with van der Waals surface area (Å²) in [6.45, 7) is 4.60. The van der Waals surface area contributed by atoms with Crippen molar-refractivity contribution < 1.29 is 0 Å². The van der Waals surface area contributed by atoms with Gasteiger partial charge in [-0.05, 0) is 87.4 Å². The van der Waals surface area contributed by atoms with Crippen LogP contribution >= 0.6 is 0 Å². The van der Waals surface area contributed by atoms with Crippen LogP contribution in [0.2, 0.25) is 0 Å². The van der Waals surface area contributed by atoms with Gasteiger partial charge in [-0.3, -0.25) is 0 Å². The summed E-state index contributed by atoms with van der Waals surface area (Å²) in [5, 5.41) is 10.0. The molecule has 0 heterocycles. The standard InChI is InChI=1S/C30H53N/c1-3-5-7-9-10-12-25-13-15-26(16-14-25)27-17-18-29-23-30(24-31,20-11-8-6-4-2)21-19-28(29)22-27/h25-29H,3-23H2,1-2H3. The van der Waals surface area contributed by atoms with Crippen molar-refractivity contribution in [3.63, 3.8) is 0 Å². The van der Waals surface area contributed by atoms with E-state index in [0.29, 0.717) is 0 Å². The van der Waals surface area contributed by atoms with Crippen molar-refractivity contribution in [2.75, 3.05) is 0 Å². The van der Waals surface area contributed by atoms with Crippen LogP contribution in [-0.2, 0) is 0 Å². The fourth-order valence-corrected chi connectivity index (χ4v) is 7.74. The SMILES string of the molecule is CCCCCCCC1CCC(C2CCC3CC(C#N)(CCCCCC)CCC3C2)CC1. The van der Waals surface area contributed by atoms with E-state index in [9.17, 15) is 5.26 Å². The lowest BCUT2D eigenvalue weighted by Crippen LogP contribution is -2.38. The molecule has 31 heavy (non-hydrogen) atoms. The van der Waals surface area contributed by atoms with Crippen LogP contribution < -0.4 is 0 Å². The van der Waals surface area contributed by atoms with Crippen LogP contribution in [0.4, 0.5) is 0 Å². The fourth-order valence-electron chi connectivity index (χ4n) is 7.74. The summed E-state index contributed by atoms with van der Waals surface area (Å²) in [7, 11) is 0. The zero-order valence-electron chi connectivity index (χ0n) is 21.2. The average molecular weight is 428 g/mol. The number of nitriles is 1. The summed E-state index contributed by atoms with van der Waals surface area (Å²) in [6, 6.07) is 2.83. The molecule has 4 unspecified atom stereocenters. The van der Waals surface area contributed by atoms with Gasteiger partial charge in [-0.2, -0.15) is 5.26 Å². The van der Waals surface area contributed by atoms with Gasteiger partial charge in [0.2, 0.25) is 0 Å². The lowest BCUT2D eigenvalue weighted by molar-refractivity contribution is 0.0377. The predicted molar refractivity (Wildman–Crippen MR) is 134 cm³/mol. The second kappa shape index (κ2) is 13.3. The first kappa shape index (κ1) is 25.1. The molecule has 3 fully saturated rings. The smallest absolute Gasteiger partial charge is 0.0689 e. The molecule has 0 bridgehead atoms. The van der Waals surface area contributed by atoms with Gasteiger partial charge in [0.25, 0.3) is 0 Å². The minimum atomic E-state index is 0.0386. The molecule has 1 nitrogen and oxygen atoms in total. The Balaban J connectivity index is 1.37. The lowest BCUT2D eigenvalue weighted by Gasteiger charge is -2.47. The predicted octanol–water partition coefficient (Wildman–Crippen LogP) is 9.85. The summed E-state index contributed by atoms with van der Waals surface area (Å²) < 4.78 is 0. The van der Waals surface area contributed by atoms with E-state index in [1.54, 1.807) is 0 Å². The lowest BCUT2D eigenvalue weighted by atomic mass is 9.57. The molecule has 3 rings (SSSR count). The maximum Gasteiger partial charge on any atom is 0.0689 e. The first-order chi connectivity index (χ1) is 15.2. The van der Waals surface area contributed by atoms with Crippen LogP contribution in [-0.4, -0.2) is 0 Å². The van der Waals surface area contributed by atoms with Gasteiger partial charge < -0.3 is 0 Å². The minimum absolute atomic E-state index is 0.0386. The zero-order valence-corrected chi connectivity index (χ0v) is 21.2. The van der Waals surface area contributed by atoms with Crippen molar-refractivity contribution in [1.82, 2.24) is 0 Å². The van der Waals surface area contributed by atoms with Crippen LogP contribution in [0.25, 0.3) is 0 Å². The summed E-state index contributed by atoms with van der Waals surface area (Å²) in [5.41, 5.74) is 0.0386. The van der Waals surface area contributed by atoms with Crippen LogP contribution in [0, 0.1) is 46.3 Å². The first-order valence-corrected chi connectivity index (χ1v) is 14.6. The Kier molecular flexibility index (Phi) is 10.7. The van der Waals surface area contributed by atoms with E-state index in [0.717, 1.165) is 29.6 Å². The summed E-state index contributed by atoms with van der Waals surface area (Å²) in [5.74, 6) is 4.93. The van der Waals surface area contributed by atoms with Crippen molar-refractivity contribution in [2.45, 2.75) is 149 Å². The molecule has 3 aliphatic rings. The van der Waals surface area contributed by atoms with Gasteiger partial charge in [0.15, 0.2) is 0 Å². The van der Waals surface area contributed by atoms with Crippen LogP contribution in [0.3, 0.4) is 0 Å². The molecular formula is C30H53N. The summed E-state index contributed by atoms with van der Waals surface area (Å²) in [6.07, 6.45) is 29.5. The van der Waals surface area contributed by atoms with E-state index in [1.165, 1.54) is 135 Å². The zero-order chi connectivity index (χ0) is 21.9. The number of rotatable bonds is 12. The number of hydrogen-bond donors (Lipinski definition) is 0. The van der Waals surface area contributed by atoms with Gasteiger partial charge in [0, 0.05) is 0 Å². The highest BCUT2D eigenvalue weighted by Gasteiger charge is 2.44. The van der Waals surface area contributed by atoms with E-state index in [1.807, 2.05) is 0 Å². The van der Waals surface area contributed by atoms with Gasteiger partial charge >= 0.3 is 0 Å². The third-order valence-corrected chi connectivity index (χ3v) is 9.85. The molecule has 0 amide bonds. The Hall–Kier alpha value is -0.510. The Morgan fingerprint density at radius 2 is 1.29 bits per heavy atom. The molecule has 0 aromatic heterocycles. The van der Waals surface area contributed by atoms with E-state index < -0.39 is 0 Å². The Bertz CT molecular complexity index is 525. The molecular weight excluding hydrogens is 374 g/mol. The van der Waals surface area contributed by atoms with Crippen molar-refractivity contribution >= 4 is 0 Å². The Labute approximate surface area is 195 Å². The highest BCUT2D eigenvalue weighted by molar-refractivity contribution is 5.04. The molecule has 0 spiro atoms. The molecule has 0 saturated heterocycles. The van der Waals surface area contributed by atoms with Gasteiger partial charge in [0.05, 0.1) is 11.5 Å². The molecule has 3 aliphatic carbocycles. The van der Waals surface area contributed by atoms with Crippen LogP contribution in [0.1, 0.15) is 149 Å². The molecule has 3 saturated carbocycles. The van der Waals surface area contributed by atoms with Gasteiger partial charge in [-0.25, -0.2) is 0 Å². The Morgan fingerprint density at radius 3 is 2.00 bits per heavy atom. The normalized spacial score (nSPS) is 36.0. The number of nitrogens with zero attached hydrogens (tertiary/aromatic N) is 1. The monoisotopic (exact) mass is 427 g/mol. The second-order valence-corrected chi connectivity index (χ2v) is 12.0. The molecule has 4 atom stereocenters. The third-order valence-electron chi connectivity index (χ3n) is 9.85. The number of hydrogen-bond acceptors (Lipinski definition) is 1. The minimum Gasteiger partial charge on any atom is -0.198 e. The van der Waals surface area contributed by atoms with E-state index in [4.69, 9.17) is 0 Å². The summed E-state index contributed by atoms with van der Waals surface area (Å²) in [4.78, 5) is 0. The molecule has 1 heteroatoms. The highest BCUT2D eigenvalue weighted by Crippen LogP contribution is 2.53. The average Bonchev–Trinajstić information content (AvgIpc) is 2.82. The van der Waals surface area contributed by atoms with Crippen LogP contribution in [0.15, 0.2) is 0 Å². The highest BCUT2D eigenvalue weighted by atomic mass is 14.5. The van der Waals surface area contributed by atoms with Gasteiger partial charge in [0.1, 0.15) is 0 Å². The number of fused-ring (bicyclic) bond motifs is 1. The van der Waals surface area contributed by atoms with Crippen molar-refractivity contribution in [3.8, 4) is 6.07 Å². The van der Waals surface area contributed by atoms with Crippen molar-refractivity contribution in [3.05, 3.63) is 0 Å². The van der Waals surface area contributed by atoms with Crippen molar-refractivity contribution in [1.29, 1.82) is 5.26 Å². The van der Waals surface area contributed by atoms with E-state index >= 15 is 0 Å². The molecule has 0 aliphatic heterocycles. The van der Waals surface area contributed by atoms with Gasteiger partial charge in [-0.1, -0.05) is 90.9 Å². The first-order valence-electron chi connectivity index (χ1n) is 14.6.